The van der Waals surface area contributed by atoms with Crippen molar-refractivity contribution in [2.45, 2.75) is 32.4 Å². The number of hydrogen-bond acceptors (Lipinski definition) is 3. The van der Waals surface area contributed by atoms with Gasteiger partial charge in [0.2, 0.25) is 0 Å². The summed E-state index contributed by atoms with van der Waals surface area (Å²) in [5, 5.41) is 11.8. The number of rotatable bonds is 4. The van der Waals surface area contributed by atoms with E-state index in [1.807, 2.05) is 37.3 Å². The highest BCUT2D eigenvalue weighted by molar-refractivity contribution is 5.67. The number of amides is 2. The van der Waals surface area contributed by atoms with Gasteiger partial charge in [-0.05, 0) is 31.2 Å². The second-order valence-electron chi connectivity index (χ2n) is 5.60. The molecule has 0 saturated carbocycles. The van der Waals surface area contributed by atoms with Gasteiger partial charge >= 0.3 is 12.2 Å². The quantitative estimate of drug-likeness (QED) is 0.896. The lowest BCUT2D eigenvalue weighted by Gasteiger charge is -2.33. The Morgan fingerprint density at radius 1 is 1.32 bits per heavy atom. The maximum absolute atomic E-state index is 11.8. The number of nitrogens with one attached hydrogen (secondary N) is 1. The molecule has 0 aromatic heterocycles. The fraction of sp³-hybridized carbons (Fsp3) is 0.500. The number of carbonyl (C=O) groups is 2. The van der Waals surface area contributed by atoms with Gasteiger partial charge in [-0.1, -0.05) is 30.3 Å². The van der Waals surface area contributed by atoms with Gasteiger partial charge in [0.05, 0.1) is 0 Å². The molecule has 1 aliphatic heterocycles. The fourth-order valence-corrected chi connectivity index (χ4v) is 2.66. The molecule has 1 unspecified atom stereocenters. The molecule has 1 aromatic carbocycles. The van der Waals surface area contributed by atoms with Gasteiger partial charge in [0, 0.05) is 19.1 Å². The highest BCUT2D eigenvalue weighted by Crippen LogP contribution is 2.20. The molecule has 6 nitrogen and oxygen atoms in total. The lowest BCUT2D eigenvalue weighted by molar-refractivity contribution is 0.110. The van der Waals surface area contributed by atoms with Crippen molar-refractivity contribution in [1.29, 1.82) is 0 Å². The first-order chi connectivity index (χ1) is 10.6. The molecule has 22 heavy (non-hydrogen) atoms. The van der Waals surface area contributed by atoms with E-state index in [4.69, 9.17) is 9.84 Å². The van der Waals surface area contributed by atoms with Crippen molar-refractivity contribution in [2.75, 3.05) is 13.1 Å². The average molecular weight is 306 g/mol. The molecule has 0 aliphatic carbocycles. The molecule has 6 heteroatoms. The second-order valence-corrected chi connectivity index (χ2v) is 5.60. The molecular weight excluding hydrogens is 284 g/mol. The molecular formula is C16H22N2O4. The van der Waals surface area contributed by atoms with Crippen LogP contribution in [0.4, 0.5) is 9.59 Å². The van der Waals surface area contributed by atoms with Crippen LogP contribution in [0, 0.1) is 5.92 Å². The van der Waals surface area contributed by atoms with Crippen LogP contribution in [-0.2, 0) is 11.3 Å². The summed E-state index contributed by atoms with van der Waals surface area (Å²) in [6.45, 7) is 3.22. The largest absolute Gasteiger partial charge is 0.465 e. The zero-order valence-electron chi connectivity index (χ0n) is 12.7. The molecule has 120 valence electrons. The maximum Gasteiger partial charge on any atom is 0.407 e. The molecule has 2 amide bonds. The van der Waals surface area contributed by atoms with Crippen LogP contribution in [0.25, 0.3) is 0 Å². The summed E-state index contributed by atoms with van der Waals surface area (Å²) in [4.78, 5) is 24.1. The smallest absolute Gasteiger partial charge is 0.407 e. The maximum atomic E-state index is 11.8. The Morgan fingerprint density at radius 3 is 2.55 bits per heavy atom. The van der Waals surface area contributed by atoms with E-state index in [0.29, 0.717) is 13.1 Å². The zero-order chi connectivity index (χ0) is 15.9. The van der Waals surface area contributed by atoms with Crippen LogP contribution in [0.3, 0.4) is 0 Å². The van der Waals surface area contributed by atoms with Crippen LogP contribution in [-0.4, -0.2) is 41.3 Å². The van der Waals surface area contributed by atoms with Gasteiger partial charge in [0.15, 0.2) is 0 Å². The number of ether oxygens (including phenoxy) is 1. The average Bonchev–Trinajstić information content (AvgIpc) is 2.54. The Morgan fingerprint density at radius 2 is 1.95 bits per heavy atom. The Hall–Kier alpha value is -2.24. The molecule has 0 spiro atoms. The van der Waals surface area contributed by atoms with E-state index in [1.54, 1.807) is 0 Å². The van der Waals surface area contributed by atoms with Gasteiger partial charge in [-0.25, -0.2) is 9.59 Å². The van der Waals surface area contributed by atoms with Crippen LogP contribution >= 0.6 is 0 Å². The highest BCUT2D eigenvalue weighted by atomic mass is 16.5. The topological polar surface area (TPSA) is 78.9 Å². The van der Waals surface area contributed by atoms with Gasteiger partial charge < -0.3 is 20.1 Å². The van der Waals surface area contributed by atoms with Gasteiger partial charge in [-0.2, -0.15) is 0 Å². The molecule has 2 rings (SSSR count). The summed E-state index contributed by atoms with van der Waals surface area (Å²) in [5.74, 6) is 0.278. The van der Waals surface area contributed by atoms with Crippen molar-refractivity contribution in [3.8, 4) is 0 Å². The Labute approximate surface area is 130 Å². The first-order valence-corrected chi connectivity index (χ1v) is 7.51. The first kappa shape index (κ1) is 16.1. The van der Waals surface area contributed by atoms with Crippen LogP contribution in [0.5, 0.6) is 0 Å². The summed E-state index contributed by atoms with van der Waals surface area (Å²) in [6.07, 6.45) is 0.206. The fourth-order valence-electron chi connectivity index (χ4n) is 2.66. The Bertz CT molecular complexity index is 498. The lowest BCUT2D eigenvalue weighted by Crippen LogP contribution is -2.45. The summed E-state index contributed by atoms with van der Waals surface area (Å²) >= 11 is 0. The minimum Gasteiger partial charge on any atom is -0.465 e. The number of piperidine rings is 1. The number of nitrogens with zero attached hydrogens (tertiary/aromatic N) is 1. The number of alkyl carbamates (subject to hydrolysis) is 1. The van der Waals surface area contributed by atoms with Crippen LogP contribution in [0.15, 0.2) is 30.3 Å². The summed E-state index contributed by atoms with van der Waals surface area (Å²) in [6, 6.07) is 9.48. The summed E-state index contributed by atoms with van der Waals surface area (Å²) in [7, 11) is 0. The standard InChI is InChI=1S/C16H22N2O4/c1-12(14-7-9-18(10-8-14)16(20)21)17-15(19)22-11-13-5-3-2-4-6-13/h2-6,12,14H,7-11H2,1H3,(H,17,19)(H,20,21). The molecule has 1 saturated heterocycles. The molecule has 1 atom stereocenters. The number of carbonyl (C=O) groups excluding carboxylic acids is 1. The van der Waals surface area contributed by atoms with E-state index in [9.17, 15) is 9.59 Å². The van der Waals surface area contributed by atoms with Crippen molar-refractivity contribution in [3.63, 3.8) is 0 Å². The van der Waals surface area contributed by atoms with E-state index < -0.39 is 12.2 Å². The van der Waals surface area contributed by atoms with Gasteiger partial charge in [0.1, 0.15) is 6.61 Å². The predicted molar refractivity (Wildman–Crippen MR) is 81.5 cm³/mol. The van der Waals surface area contributed by atoms with Crippen molar-refractivity contribution >= 4 is 12.2 Å². The second kappa shape index (κ2) is 7.68. The Kier molecular flexibility index (Phi) is 5.63. The summed E-state index contributed by atoms with van der Waals surface area (Å²) in [5.41, 5.74) is 0.945. The number of likely N-dealkylation sites (tertiary alicyclic amines) is 1. The lowest BCUT2D eigenvalue weighted by atomic mass is 9.90. The monoisotopic (exact) mass is 306 g/mol. The van der Waals surface area contributed by atoms with Crippen molar-refractivity contribution in [1.82, 2.24) is 10.2 Å². The van der Waals surface area contributed by atoms with E-state index in [1.165, 1.54) is 4.90 Å². The van der Waals surface area contributed by atoms with Gasteiger partial charge in [0.25, 0.3) is 0 Å². The number of carboxylic acid groups (broad SMARTS) is 1. The number of hydrogen-bond donors (Lipinski definition) is 2. The third kappa shape index (κ3) is 4.65. The normalized spacial score (nSPS) is 16.9. The van der Waals surface area contributed by atoms with Crippen LogP contribution in [0.2, 0.25) is 0 Å². The molecule has 0 radical (unpaired) electrons. The third-order valence-corrected chi connectivity index (χ3v) is 4.08. The van der Waals surface area contributed by atoms with Crippen LogP contribution in [0.1, 0.15) is 25.3 Å². The van der Waals surface area contributed by atoms with E-state index >= 15 is 0 Å². The van der Waals surface area contributed by atoms with Gasteiger partial charge in [-0.15, -0.1) is 0 Å². The molecule has 1 aliphatic rings. The Balaban J connectivity index is 1.71. The minimum absolute atomic E-state index is 0.0285. The van der Waals surface area contributed by atoms with Crippen molar-refractivity contribution in [2.24, 2.45) is 5.92 Å². The first-order valence-electron chi connectivity index (χ1n) is 7.51. The zero-order valence-corrected chi connectivity index (χ0v) is 12.7. The molecule has 0 bridgehead atoms. The molecule has 1 fully saturated rings. The van der Waals surface area contributed by atoms with Crippen molar-refractivity contribution < 1.29 is 19.4 Å². The third-order valence-electron chi connectivity index (χ3n) is 4.08. The van der Waals surface area contributed by atoms with E-state index in [0.717, 1.165) is 18.4 Å². The predicted octanol–water partition coefficient (Wildman–Crippen LogP) is 2.69. The molecule has 1 heterocycles. The SMILES string of the molecule is CC(NC(=O)OCc1ccccc1)C1CCN(C(=O)O)CC1. The highest BCUT2D eigenvalue weighted by Gasteiger charge is 2.27. The van der Waals surface area contributed by atoms with Crippen LogP contribution < -0.4 is 5.32 Å². The summed E-state index contributed by atoms with van der Waals surface area (Å²) < 4.78 is 5.19. The van der Waals surface area contributed by atoms with Gasteiger partial charge in [-0.3, -0.25) is 0 Å². The van der Waals surface area contributed by atoms with E-state index in [-0.39, 0.29) is 18.6 Å². The molecule has 1 aromatic rings. The van der Waals surface area contributed by atoms with E-state index in [2.05, 4.69) is 5.32 Å². The minimum atomic E-state index is -0.874. The molecule has 2 N–H and O–H groups in total. The number of benzene rings is 1. The van der Waals surface area contributed by atoms with Crippen molar-refractivity contribution in [3.05, 3.63) is 35.9 Å².